The van der Waals surface area contributed by atoms with Gasteiger partial charge in [-0.3, -0.25) is 0 Å². The number of rotatable bonds is 3. The molecule has 0 saturated carbocycles. The Balaban J connectivity index is 1.90. The van der Waals surface area contributed by atoms with Crippen LogP contribution in [0.5, 0.6) is 0 Å². The molecule has 0 aliphatic heterocycles. The van der Waals surface area contributed by atoms with E-state index in [1.807, 2.05) is 11.3 Å². The molecule has 0 spiro atoms. The van der Waals surface area contributed by atoms with Gasteiger partial charge in [-0.2, -0.15) is 0 Å². The van der Waals surface area contributed by atoms with E-state index in [0.717, 1.165) is 0 Å². The summed E-state index contributed by atoms with van der Waals surface area (Å²) in [5.74, 6) is 1.31. The van der Waals surface area contributed by atoms with Crippen LogP contribution in [0.25, 0.3) is 25.7 Å². The monoisotopic (exact) mass is 318 g/mol. The minimum Gasteiger partial charge on any atom is -0.135 e. The lowest BCUT2D eigenvalue weighted by atomic mass is 9.88. The van der Waals surface area contributed by atoms with E-state index in [-0.39, 0.29) is 0 Å². The van der Waals surface area contributed by atoms with Gasteiger partial charge in [-0.25, -0.2) is 0 Å². The lowest BCUT2D eigenvalue weighted by molar-refractivity contribution is 0.469. The molecular weight excluding hydrogens is 296 g/mol. The van der Waals surface area contributed by atoms with Crippen molar-refractivity contribution in [3.05, 3.63) is 65.8 Å². The minimum atomic E-state index is 0.597. The molecule has 0 fully saturated rings. The molecule has 3 aromatic rings. The van der Waals surface area contributed by atoms with Crippen molar-refractivity contribution in [1.29, 1.82) is 0 Å². The highest BCUT2D eigenvalue weighted by Crippen LogP contribution is 2.42. The molecule has 1 aliphatic rings. The second-order valence-corrected chi connectivity index (χ2v) is 7.75. The molecule has 0 radical (unpaired) electrons. The van der Waals surface area contributed by atoms with Crippen LogP contribution in [0.4, 0.5) is 0 Å². The molecule has 0 saturated heterocycles. The molecule has 1 aliphatic carbocycles. The van der Waals surface area contributed by atoms with Gasteiger partial charge in [0.15, 0.2) is 0 Å². The minimum absolute atomic E-state index is 0.597. The Kier molecular flexibility index (Phi) is 3.61. The Bertz CT molecular complexity index is 939. The molecule has 1 heteroatoms. The quantitative estimate of drug-likeness (QED) is 0.485. The Morgan fingerprint density at radius 2 is 1.83 bits per heavy atom. The van der Waals surface area contributed by atoms with E-state index in [4.69, 9.17) is 0 Å². The van der Waals surface area contributed by atoms with Crippen molar-refractivity contribution in [2.24, 2.45) is 11.8 Å². The topological polar surface area (TPSA) is 0 Å². The van der Waals surface area contributed by atoms with Gasteiger partial charge in [0.2, 0.25) is 0 Å². The average molecular weight is 318 g/mol. The van der Waals surface area contributed by atoms with Crippen LogP contribution in [-0.4, -0.2) is 0 Å². The maximum absolute atomic E-state index is 2.49. The molecule has 0 unspecified atom stereocenters. The van der Waals surface area contributed by atoms with Crippen molar-refractivity contribution < 1.29 is 0 Å². The third-order valence-electron chi connectivity index (χ3n) is 5.24. The largest absolute Gasteiger partial charge is 0.135 e. The van der Waals surface area contributed by atoms with E-state index in [1.165, 1.54) is 43.3 Å². The molecule has 4 rings (SSSR count). The van der Waals surface area contributed by atoms with Crippen molar-refractivity contribution in [1.82, 2.24) is 0 Å². The molecule has 116 valence electrons. The highest BCUT2D eigenvalue weighted by atomic mass is 32.1. The van der Waals surface area contributed by atoms with E-state index >= 15 is 0 Å². The van der Waals surface area contributed by atoms with Gasteiger partial charge in [0.1, 0.15) is 0 Å². The first-order valence-corrected chi connectivity index (χ1v) is 9.31. The first-order chi connectivity index (χ1) is 11.2. The van der Waals surface area contributed by atoms with Crippen LogP contribution >= 0.6 is 11.3 Å². The summed E-state index contributed by atoms with van der Waals surface area (Å²) in [4.78, 5) is 0. The Hall–Kier alpha value is -1.86. The maximum atomic E-state index is 2.49. The van der Waals surface area contributed by atoms with Gasteiger partial charge in [-0.1, -0.05) is 74.4 Å². The first-order valence-electron chi connectivity index (χ1n) is 8.49. The van der Waals surface area contributed by atoms with Gasteiger partial charge in [0, 0.05) is 26.1 Å². The summed E-state index contributed by atoms with van der Waals surface area (Å²) in [6, 6.07) is 15.5. The molecule has 23 heavy (non-hydrogen) atoms. The predicted octanol–water partition coefficient (Wildman–Crippen LogP) is 7.06. The predicted molar refractivity (Wildman–Crippen MR) is 104 cm³/mol. The third kappa shape index (κ3) is 2.35. The molecule has 2 aromatic carbocycles. The molecule has 0 nitrogen and oxygen atoms in total. The highest BCUT2D eigenvalue weighted by molar-refractivity contribution is 7.26. The smallest absolute Gasteiger partial charge is 0.0433 e. The number of benzene rings is 2. The van der Waals surface area contributed by atoms with Crippen LogP contribution in [0.15, 0.2) is 60.2 Å². The Labute approximate surface area is 142 Å². The fourth-order valence-corrected chi connectivity index (χ4v) is 4.96. The summed E-state index contributed by atoms with van der Waals surface area (Å²) in [6.07, 6.45) is 6.12. The summed E-state index contributed by atoms with van der Waals surface area (Å²) in [7, 11) is 0. The summed E-state index contributed by atoms with van der Waals surface area (Å²) in [5.41, 5.74) is 4.31. The number of thiophene rings is 1. The fourth-order valence-electron chi connectivity index (χ4n) is 3.72. The van der Waals surface area contributed by atoms with E-state index in [1.54, 1.807) is 0 Å². The molecule has 0 N–H and O–H groups in total. The van der Waals surface area contributed by atoms with Crippen molar-refractivity contribution in [3.8, 4) is 0 Å². The van der Waals surface area contributed by atoms with Crippen molar-refractivity contribution >= 4 is 37.1 Å². The molecule has 0 amide bonds. The molecule has 2 atom stereocenters. The van der Waals surface area contributed by atoms with Crippen LogP contribution in [0.2, 0.25) is 0 Å². The number of hydrogen-bond acceptors (Lipinski definition) is 1. The molecule has 1 heterocycles. The lowest BCUT2D eigenvalue weighted by Crippen LogP contribution is -2.07. The van der Waals surface area contributed by atoms with Gasteiger partial charge in [0.05, 0.1) is 0 Å². The summed E-state index contributed by atoms with van der Waals surface area (Å²) >= 11 is 1.92. The third-order valence-corrected chi connectivity index (χ3v) is 6.46. The van der Waals surface area contributed by atoms with Gasteiger partial charge in [-0.15, -0.1) is 11.3 Å². The second-order valence-electron chi connectivity index (χ2n) is 6.70. The SMILES string of the molecule is CC[C@H](C)[C@H]1C=C(c2cccc3c2sc2ccccc23)C=C1C. The number of fused-ring (bicyclic) bond motifs is 3. The van der Waals surface area contributed by atoms with Crippen LogP contribution < -0.4 is 0 Å². The normalized spacial score (nSPS) is 19.2. The zero-order valence-electron chi connectivity index (χ0n) is 14.0. The van der Waals surface area contributed by atoms with Crippen molar-refractivity contribution in [2.75, 3.05) is 0 Å². The second kappa shape index (κ2) is 5.65. The molecule has 0 bridgehead atoms. The summed E-state index contributed by atoms with van der Waals surface area (Å²) in [6.45, 7) is 6.93. The van der Waals surface area contributed by atoms with Gasteiger partial charge >= 0.3 is 0 Å². The van der Waals surface area contributed by atoms with E-state index in [9.17, 15) is 0 Å². The van der Waals surface area contributed by atoms with Gasteiger partial charge in [-0.05, 0) is 30.0 Å². The van der Waals surface area contributed by atoms with E-state index in [2.05, 4.69) is 75.4 Å². The zero-order valence-corrected chi connectivity index (χ0v) is 14.8. The average Bonchev–Trinajstić information content (AvgIpc) is 3.14. The summed E-state index contributed by atoms with van der Waals surface area (Å²) < 4.78 is 2.81. The highest BCUT2D eigenvalue weighted by Gasteiger charge is 2.22. The van der Waals surface area contributed by atoms with Gasteiger partial charge in [0.25, 0.3) is 0 Å². The van der Waals surface area contributed by atoms with Crippen LogP contribution in [0.3, 0.4) is 0 Å². The van der Waals surface area contributed by atoms with Crippen LogP contribution in [0, 0.1) is 11.8 Å². The van der Waals surface area contributed by atoms with Crippen molar-refractivity contribution in [3.63, 3.8) is 0 Å². The first kappa shape index (κ1) is 14.7. The lowest BCUT2D eigenvalue weighted by Gasteiger charge is -2.17. The van der Waals surface area contributed by atoms with Crippen LogP contribution in [-0.2, 0) is 0 Å². The number of hydrogen-bond donors (Lipinski definition) is 0. The van der Waals surface area contributed by atoms with E-state index < -0.39 is 0 Å². The van der Waals surface area contributed by atoms with E-state index in [0.29, 0.717) is 11.8 Å². The molecular formula is C22H22S. The number of allylic oxidation sites excluding steroid dienone is 4. The standard InChI is InChI=1S/C22H22S/c1-4-14(2)20-13-16(12-15(20)3)17-9-7-10-19-18-8-5-6-11-21(18)23-22(17)19/h5-14,20H,4H2,1-3H3/t14-,20+/m0/s1. The Morgan fingerprint density at radius 1 is 1.04 bits per heavy atom. The Morgan fingerprint density at radius 3 is 2.65 bits per heavy atom. The molecule has 1 aromatic heterocycles. The summed E-state index contributed by atoms with van der Waals surface area (Å²) in [5, 5.41) is 2.77. The fraction of sp³-hybridized carbons (Fsp3) is 0.273. The maximum Gasteiger partial charge on any atom is 0.0433 e. The van der Waals surface area contributed by atoms with Crippen molar-refractivity contribution in [2.45, 2.75) is 27.2 Å². The van der Waals surface area contributed by atoms with Crippen LogP contribution in [0.1, 0.15) is 32.8 Å². The van der Waals surface area contributed by atoms with Gasteiger partial charge < -0.3 is 0 Å². The zero-order chi connectivity index (χ0) is 16.0.